The fraction of sp³-hybridized carbons (Fsp3) is 0.250. The predicted octanol–water partition coefficient (Wildman–Crippen LogP) is 3.51. The number of benzene rings is 2. The van der Waals surface area contributed by atoms with Gasteiger partial charge in [0.05, 0.1) is 16.6 Å². The molecule has 0 aromatic heterocycles. The number of ether oxygens (including phenoxy) is 1. The SMILES string of the molecule is C[C@@H](OC(=O)[C@H]1CC(=O)N(c2ccccc2Cl)C1)C(=O)c1ccccc1. The lowest BCUT2D eigenvalue weighted by Gasteiger charge is -2.18. The van der Waals surface area contributed by atoms with Crippen LogP contribution in [-0.2, 0) is 14.3 Å². The van der Waals surface area contributed by atoms with Gasteiger partial charge in [-0.2, -0.15) is 0 Å². The molecule has 1 saturated heterocycles. The number of nitrogens with zero attached hydrogens (tertiary/aromatic N) is 1. The first-order chi connectivity index (χ1) is 12.5. The highest BCUT2D eigenvalue weighted by atomic mass is 35.5. The number of rotatable bonds is 5. The molecule has 1 aliphatic rings. The Morgan fingerprint density at radius 2 is 1.77 bits per heavy atom. The maximum absolute atomic E-state index is 12.4. The molecule has 3 rings (SSSR count). The van der Waals surface area contributed by atoms with E-state index in [0.717, 1.165) is 0 Å². The maximum Gasteiger partial charge on any atom is 0.312 e. The van der Waals surface area contributed by atoms with E-state index in [1.807, 2.05) is 0 Å². The second kappa shape index (κ2) is 7.70. The number of amides is 1. The van der Waals surface area contributed by atoms with Crippen LogP contribution in [0.4, 0.5) is 5.69 Å². The van der Waals surface area contributed by atoms with E-state index in [2.05, 4.69) is 0 Å². The maximum atomic E-state index is 12.4. The van der Waals surface area contributed by atoms with Crippen molar-refractivity contribution in [2.75, 3.05) is 11.4 Å². The number of carbonyl (C=O) groups is 3. The Balaban J connectivity index is 1.65. The molecule has 0 N–H and O–H groups in total. The summed E-state index contributed by atoms with van der Waals surface area (Å²) in [5.41, 5.74) is 1.05. The molecule has 0 aliphatic carbocycles. The molecule has 2 atom stereocenters. The number of Topliss-reactive ketones (excluding diaryl/α,β-unsaturated/α-hetero) is 1. The van der Waals surface area contributed by atoms with E-state index >= 15 is 0 Å². The average molecular weight is 372 g/mol. The Kier molecular flexibility index (Phi) is 5.38. The number of hydrogen-bond donors (Lipinski definition) is 0. The van der Waals surface area contributed by atoms with Crippen molar-refractivity contribution >= 4 is 34.9 Å². The highest BCUT2D eigenvalue weighted by Crippen LogP contribution is 2.31. The standard InChI is InChI=1S/C20H18ClNO4/c1-13(19(24)14-7-3-2-4-8-14)26-20(25)15-11-18(23)22(12-15)17-10-6-5-9-16(17)21/h2-10,13,15H,11-12H2,1H3/t13-,15+/m1/s1. The molecule has 1 aliphatic heterocycles. The molecule has 2 aromatic rings. The zero-order chi connectivity index (χ0) is 18.7. The third-order valence-corrected chi connectivity index (χ3v) is 4.64. The first-order valence-corrected chi connectivity index (χ1v) is 8.70. The van der Waals surface area contributed by atoms with Crippen LogP contribution in [0.5, 0.6) is 0 Å². The number of halogens is 1. The molecule has 0 saturated carbocycles. The zero-order valence-electron chi connectivity index (χ0n) is 14.2. The second-order valence-electron chi connectivity index (χ2n) is 6.17. The van der Waals surface area contributed by atoms with Gasteiger partial charge in [0, 0.05) is 18.5 Å². The van der Waals surface area contributed by atoms with Crippen molar-refractivity contribution in [2.45, 2.75) is 19.4 Å². The Morgan fingerprint density at radius 3 is 2.46 bits per heavy atom. The first-order valence-electron chi connectivity index (χ1n) is 8.32. The normalized spacial score (nSPS) is 17.8. The molecule has 0 spiro atoms. The van der Waals surface area contributed by atoms with Crippen molar-refractivity contribution in [3.8, 4) is 0 Å². The summed E-state index contributed by atoms with van der Waals surface area (Å²) >= 11 is 6.14. The fourth-order valence-corrected chi connectivity index (χ4v) is 3.17. The van der Waals surface area contributed by atoms with Gasteiger partial charge >= 0.3 is 5.97 Å². The van der Waals surface area contributed by atoms with Crippen molar-refractivity contribution in [1.29, 1.82) is 0 Å². The lowest BCUT2D eigenvalue weighted by atomic mass is 10.1. The molecular weight excluding hydrogens is 354 g/mol. The summed E-state index contributed by atoms with van der Waals surface area (Å²) < 4.78 is 5.31. The van der Waals surface area contributed by atoms with Crippen molar-refractivity contribution in [3.63, 3.8) is 0 Å². The zero-order valence-corrected chi connectivity index (χ0v) is 15.0. The molecule has 5 nitrogen and oxygen atoms in total. The van der Waals surface area contributed by atoms with Crippen molar-refractivity contribution < 1.29 is 19.1 Å². The van der Waals surface area contributed by atoms with Gasteiger partial charge in [0.1, 0.15) is 0 Å². The van der Waals surface area contributed by atoms with Crippen LogP contribution in [0.25, 0.3) is 0 Å². The summed E-state index contributed by atoms with van der Waals surface area (Å²) in [5, 5.41) is 0.447. The van der Waals surface area contributed by atoms with E-state index in [0.29, 0.717) is 16.3 Å². The number of esters is 1. The number of para-hydroxylation sites is 1. The summed E-state index contributed by atoms with van der Waals surface area (Å²) in [4.78, 5) is 38.5. The molecule has 26 heavy (non-hydrogen) atoms. The van der Waals surface area contributed by atoms with Crippen LogP contribution in [0, 0.1) is 5.92 Å². The van der Waals surface area contributed by atoms with E-state index in [1.54, 1.807) is 54.6 Å². The Bertz CT molecular complexity index is 837. The monoisotopic (exact) mass is 371 g/mol. The minimum atomic E-state index is -0.908. The van der Waals surface area contributed by atoms with E-state index in [4.69, 9.17) is 16.3 Å². The molecule has 134 valence electrons. The molecule has 0 bridgehead atoms. The predicted molar refractivity (Wildman–Crippen MR) is 98.2 cm³/mol. The molecule has 0 radical (unpaired) electrons. The van der Waals surface area contributed by atoms with Gasteiger partial charge in [0.25, 0.3) is 0 Å². The molecule has 6 heteroatoms. The second-order valence-corrected chi connectivity index (χ2v) is 6.57. The number of ketones is 1. The summed E-state index contributed by atoms with van der Waals surface area (Å²) in [5.74, 6) is -1.64. The van der Waals surface area contributed by atoms with Crippen LogP contribution >= 0.6 is 11.6 Å². The van der Waals surface area contributed by atoms with E-state index in [-0.39, 0.29) is 24.7 Å². The minimum Gasteiger partial charge on any atom is -0.454 e. The van der Waals surface area contributed by atoms with Crippen LogP contribution in [0.2, 0.25) is 5.02 Å². The first kappa shape index (κ1) is 18.1. The highest BCUT2D eigenvalue weighted by Gasteiger charge is 2.38. The third-order valence-electron chi connectivity index (χ3n) is 4.32. The third kappa shape index (κ3) is 3.78. The molecule has 1 amide bonds. The molecule has 1 heterocycles. The molecule has 1 fully saturated rings. The van der Waals surface area contributed by atoms with Gasteiger partial charge in [-0.3, -0.25) is 14.4 Å². The van der Waals surface area contributed by atoms with E-state index in [9.17, 15) is 14.4 Å². The van der Waals surface area contributed by atoms with Gasteiger partial charge in [-0.05, 0) is 19.1 Å². The van der Waals surface area contributed by atoms with Gasteiger partial charge in [0.15, 0.2) is 6.10 Å². The Morgan fingerprint density at radius 1 is 1.12 bits per heavy atom. The topological polar surface area (TPSA) is 63.7 Å². The van der Waals surface area contributed by atoms with Crippen molar-refractivity contribution in [1.82, 2.24) is 0 Å². The Labute approximate surface area is 156 Å². The average Bonchev–Trinajstić information content (AvgIpc) is 3.04. The molecule has 2 aromatic carbocycles. The van der Waals surface area contributed by atoms with E-state index < -0.39 is 18.0 Å². The Hall–Kier alpha value is -2.66. The summed E-state index contributed by atoms with van der Waals surface area (Å²) in [6.45, 7) is 1.73. The van der Waals surface area contributed by atoms with E-state index in [1.165, 1.54) is 11.8 Å². The van der Waals surface area contributed by atoms with Crippen LogP contribution in [-0.4, -0.2) is 30.3 Å². The number of anilines is 1. The molecular formula is C20H18ClNO4. The fourth-order valence-electron chi connectivity index (χ4n) is 2.93. The van der Waals surface area contributed by atoms with Crippen LogP contribution < -0.4 is 4.90 Å². The van der Waals surface area contributed by atoms with Gasteiger partial charge in [0.2, 0.25) is 11.7 Å². The van der Waals surface area contributed by atoms with Crippen LogP contribution in [0.15, 0.2) is 54.6 Å². The summed E-state index contributed by atoms with van der Waals surface area (Å²) in [6, 6.07) is 15.6. The van der Waals surface area contributed by atoms with Crippen LogP contribution in [0.1, 0.15) is 23.7 Å². The lowest BCUT2D eigenvalue weighted by molar-refractivity contribution is -0.151. The minimum absolute atomic E-state index is 0.0380. The van der Waals surface area contributed by atoms with Gasteiger partial charge < -0.3 is 9.64 Å². The smallest absolute Gasteiger partial charge is 0.312 e. The number of carbonyl (C=O) groups excluding carboxylic acids is 3. The molecule has 0 unspecified atom stereocenters. The summed E-state index contributed by atoms with van der Waals surface area (Å²) in [6.07, 6.45) is -0.870. The van der Waals surface area contributed by atoms with Gasteiger partial charge in [-0.15, -0.1) is 0 Å². The quantitative estimate of drug-likeness (QED) is 0.596. The largest absolute Gasteiger partial charge is 0.454 e. The van der Waals surface area contributed by atoms with Crippen molar-refractivity contribution in [3.05, 3.63) is 65.2 Å². The number of hydrogen-bond acceptors (Lipinski definition) is 4. The van der Waals surface area contributed by atoms with Crippen molar-refractivity contribution in [2.24, 2.45) is 5.92 Å². The summed E-state index contributed by atoms with van der Waals surface area (Å²) in [7, 11) is 0. The lowest BCUT2D eigenvalue weighted by Crippen LogP contribution is -2.30. The van der Waals surface area contributed by atoms with Gasteiger partial charge in [-0.1, -0.05) is 54.1 Å². The van der Waals surface area contributed by atoms with Crippen LogP contribution in [0.3, 0.4) is 0 Å². The van der Waals surface area contributed by atoms with Gasteiger partial charge in [-0.25, -0.2) is 0 Å². The highest BCUT2D eigenvalue weighted by molar-refractivity contribution is 6.33.